The van der Waals surface area contributed by atoms with Crippen LogP contribution in [0.2, 0.25) is 5.15 Å². The summed E-state index contributed by atoms with van der Waals surface area (Å²) in [4.78, 5) is 3.68. The third kappa shape index (κ3) is 3.42. The molecule has 0 saturated carbocycles. The normalized spacial score (nSPS) is 13.8. The molecule has 15 heavy (non-hydrogen) atoms. The lowest BCUT2D eigenvalue weighted by molar-refractivity contribution is 0.265. The molecule has 1 atom stereocenters. The number of sulfonamides is 1. The van der Waals surface area contributed by atoms with E-state index >= 15 is 0 Å². The quantitative estimate of drug-likeness (QED) is 0.758. The maximum Gasteiger partial charge on any atom is 0.242 e. The van der Waals surface area contributed by atoms with Gasteiger partial charge in [-0.25, -0.2) is 18.1 Å². The second kappa shape index (κ2) is 4.89. The average molecular weight is 251 g/mol. The molecule has 0 aliphatic heterocycles. The fraction of sp³-hybridized carbons (Fsp3) is 0.375. The van der Waals surface area contributed by atoms with Gasteiger partial charge in [0, 0.05) is 12.2 Å². The highest BCUT2D eigenvalue weighted by atomic mass is 35.5. The highest BCUT2D eigenvalue weighted by molar-refractivity contribution is 7.89. The van der Waals surface area contributed by atoms with Gasteiger partial charge in [0.15, 0.2) is 0 Å². The number of aromatic nitrogens is 1. The predicted octanol–water partition coefficient (Wildman–Crippen LogP) is 0.394. The van der Waals surface area contributed by atoms with Gasteiger partial charge in [-0.15, -0.1) is 0 Å². The first-order chi connectivity index (χ1) is 6.95. The summed E-state index contributed by atoms with van der Waals surface area (Å²) < 4.78 is 25.5. The molecule has 0 aromatic carbocycles. The van der Waals surface area contributed by atoms with Crippen molar-refractivity contribution in [2.24, 2.45) is 0 Å². The van der Waals surface area contributed by atoms with Crippen molar-refractivity contribution in [2.75, 3.05) is 6.61 Å². The molecule has 0 spiro atoms. The van der Waals surface area contributed by atoms with E-state index in [0.717, 1.165) is 6.20 Å². The van der Waals surface area contributed by atoms with Gasteiger partial charge in [-0.2, -0.15) is 0 Å². The Balaban J connectivity index is 2.91. The first-order valence-corrected chi connectivity index (χ1v) is 6.06. The fourth-order valence-corrected chi connectivity index (χ4v) is 2.18. The van der Waals surface area contributed by atoms with Crippen LogP contribution >= 0.6 is 11.6 Å². The Morgan fingerprint density at radius 2 is 2.27 bits per heavy atom. The molecule has 7 heteroatoms. The lowest BCUT2D eigenvalue weighted by Gasteiger charge is -2.10. The maximum absolute atomic E-state index is 11.6. The largest absolute Gasteiger partial charge is 0.395 e. The van der Waals surface area contributed by atoms with Crippen LogP contribution in [0.15, 0.2) is 23.2 Å². The zero-order chi connectivity index (χ0) is 11.5. The Morgan fingerprint density at radius 1 is 1.60 bits per heavy atom. The monoisotopic (exact) mass is 250 g/mol. The van der Waals surface area contributed by atoms with E-state index in [1.807, 2.05) is 0 Å². The van der Waals surface area contributed by atoms with E-state index in [-0.39, 0.29) is 16.7 Å². The van der Waals surface area contributed by atoms with E-state index in [1.54, 1.807) is 6.92 Å². The number of halogens is 1. The van der Waals surface area contributed by atoms with E-state index in [2.05, 4.69) is 9.71 Å². The number of hydrogen-bond donors (Lipinski definition) is 2. The van der Waals surface area contributed by atoms with Crippen molar-refractivity contribution in [3.8, 4) is 0 Å². The number of nitrogens with one attached hydrogen (secondary N) is 1. The third-order valence-electron chi connectivity index (χ3n) is 1.64. The van der Waals surface area contributed by atoms with Crippen LogP contribution in [0.4, 0.5) is 0 Å². The lowest BCUT2D eigenvalue weighted by Crippen LogP contribution is -2.35. The molecule has 1 rings (SSSR count). The van der Waals surface area contributed by atoms with Crippen LogP contribution in [-0.2, 0) is 10.0 Å². The standard InChI is InChI=1S/C8H11ClN2O3S/c1-6(5-12)11-15(13,14)7-2-3-8(9)10-4-7/h2-4,6,11-12H,5H2,1H3/t6-/m0/s1. The second-order valence-electron chi connectivity index (χ2n) is 3.02. The number of rotatable bonds is 4. The summed E-state index contributed by atoms with van der Waals surface area (Å²) in [6.07, 6.45) is 1.16. The van der Waals surface area contributed by atoms with E-state index in [9.17, 15) is 8.42 Å². The first-order valence-electron chi connectivity index (χ1n) is 4.20. The van der Waals surface area contributed by atoms with Gasteiger partial charge in [0.2, 0.25) is 10.0 Å². The topological polar surface area (TPSA) is 79.3 Å². The van der Waals surface area contributed by atoms with Crippen molar-refractivity contribution in [1.82, 2.24) is 9.71 Å². The first kappa shape index (κ1) is 12.4. The van der Waals surface area contributed by atoms with Gasteiger partial charge in [0.25, 0.3) is 0 Å². The van der Waals surface area contributed by atoms with Crippen LogP contribution in [0.1, 0.15) is 6.92 Å². The fourth-order valence-electron chi connectivity index (χ4n) is 0.891. The number of pyridine rings is 1. The molecule has 0 saturated heterocycles. The maximum atomic E-state index is 11.6. The molecule has 2 N–H and O–H groups in total. The molecule has 0 fully saturated rings. The number of aliphatic hydroxyl groups excluding tert-OH is 1. The molecule has 0 amide bonds. The molecule has 1 heterocycles. The highest BCUT2D eigenvalue weighted by Gasteiger charge is 2.16. The van der Waals surface area contributed by atoms with Crippen LogP contribution in [0.5, 0.6) is 0 Å². The van der Waals surface area contributed by atoms with Gasteiger partial charge in [-0.3, -0.25) is 0 Å². The van der Waals surface area contributed by atoms with Crippen LogP contribution in [-0.4, -0.2) is 31.2 Å². The number of nitrogens with zero attached hydrogens (tertiary/aromatic N) is 1. The summed E-state index contributed by atoms with van der Waals surface area (Å²) in [5.74, 6) is 0. The van der Waals surface area contributed by atoms with Crippen molar-refractivity contribution in [3.63, 3.8) is 0 Å². The van der Waals surface area contributed by atoms with Gasteiger partial charge in [-0.05, 0) is 19.1 Å². The number of aliphatic hydroxyl groups is 1. The van der Waals surface area contributed by atoms with Crippen molar-refractivity contribution < 1.29 is 13.5 Å². The Morgan fingerprint density at radius 3 is 2.73 bits per heavy atom. The molecular formula is C8H11ClN2O3S. The molecule has 0 radical (unpaired) electrons. The lowest BCUT2D eigenvalue weighted by atomic mass is 10.4. The minimum absolute atomic E-state index is 0.0206. The summed E-state index contributed by atoms with van der Waals surface area (Å²) in [6.45, 7) is 1.29. The van der Waals surface area contributed by atoms with Crippen molar-refractivity contribution >= 4 is 21.6 Å². The van der Waals surface area contributed by atoms with Gasteiger partial charge in [0.1, 0.15) is 10.0 Å². The van der Waals surface area contributed by atoms with Gasteiger partial charge >= 0.3 is 0 Å². The van der Waals surface area contributed by atoms with Gasteiger partial charge < -0.3 is 5.11 Å². The van der Waals surface area contributed by atoms with E-state index in [0.29, 0.717) is 0 Å². The predicted molar refractivity (Wildman–Crippen MR) is 56.1 cm³/mol. The van der Waals surface area contributed by atoms with E-state index in [4.69, 9.17) is 16.7 Å². The smallest absolute Gasteiger partial charge is 0.242 e. The highest BCUT2D eigenvalue weighted by Crippen LogP contribution is 2.10. The van der Waals surface area contributed by atoms with Crippen LogP contribution < -0.4 is 4.72 Å². The molecule has 84 valence electrons. The minimum Gasteiger partial charge on any atom is -0.395 e. The van der Waals surface area contributed by atoms with E-state index < -0.39 is 16.1 Å². The summed E-state index contributed by atoms with van der Waals surface area (Å²) in [5, 5.41) is 8.95. The molecule has 0 unspecified atom stereocenters. The second-order valence-corrected chi connectivity index (χ2v) is 5.12. The van der Waals surface area contributed by atoms with E-state index in [1.165, 1.54) is 12.1 Å². The minimum atomic E-state index is -3.62. The van der Waals surface area contributed by atoms with Crippen molar-refractivity contribution in [1.29, 1.82) is 0 Å². The molecular weight excluding hydrogens is 240 g/mol. The molecule has 1 aromatic rings. The summed E-state index contributed by atoms with van der Waals surface area (Å²) >= 11 is 5.53. The molecule has 0 aliphatic rings. The molecule has 1 aromatic heterocycles. The van der Waals surface area contributed by atoms with Crippen LogP contribution in [0, 0.1) is 0 Å². The molecule has 5 nitrogen and oxygen atoms in total. The van der Waals surface area contributed by atoms with Gasteiger partial charge in [-0.1, -0.05) is 11.6 Å². The summed E-state index contributed by atoms with van der Waals surface area (Å²) in [6, 6.07) is 2.20. The van der Waals surface area contributed by atoms with Crippen LogP contribution in [0.25, 0.3) is 0 Å². The van der Waals surface area contributed by atoms with Crippen LogP contribution in [0.3, 0.4) is 0 Å². The summed E-state index contributed by atoms with van der Waals surface area (Å²) in [5.41, 5.74) is 0. The number of hydrogen-bond acceptors (Lipinski definition) is 4. The average Bonchev–Trinajstić information content (AvgIpc) is 2.17. The van der Waals surface area contributed by atoms with Crippen molar-refractivity contribution in [3.05, 3.63) is 23.5 Å². The Labute approximate surface area is 93.2 Å². The zero-order valence-corrected chi connectivity index (χ0v) is 9.59. The summed E-state index contributed by atoms with van der Waals surface area (Å²) in [7, 11) is -3.62. The molecule has 0 aliphatic carbocycles. The SMILES string of the molecule is C[C@@H](CO)NS(=O)(=O)c1ccc(Cl)nc1. The Kier molecular flexibility index (Phi) is 4.04. The van der Waals surface area contributed by atoms with Gasteiger partial charge in [0.05, 0.1) is 6.61 Å². The zero-order valence-electron chi connectivity index (χ0n) is 8.01. The van der Waals surface area contributed by atoms with Crippen molar-refractivity contribution in [2.45, 2.75) is 17.9 Å². The Hall–Kier alpha value is -0.690. The Bertz CT molecular complexity index is 418. The molecule has 0 bridgehead atoms. The third-order valence-corrected chi connectivity index (χ3v) is 3.44.